The molecule has 0 unspecified atom stereocenters. The Hall–Kier alpha value is -2.04. The minimum absolute atomic E-state index is 0.366. The molecule has 0 spiro atoms. The molecule has 0 aromatic heterocycles. The summed E-state index contributed by atoms with van der Waals surface area (Å²) in [5.41, 5.74) is 2.15. The van der Waals surface area contributed by atoms with Gasteiger partial charge in [0.1, 0.15) is 11.6 Å². The maximum absolute atomic E-state index is 12.0. The normalized spacial score (nSPS) is 16.2. The van der Waals surface area contributed by atoms with E-state index in [9.17, 15) is 4.79 Å². The van der Waals surface area contributed by atoms with Crippen LogP contribution < -0.4 is 10.1 Å². The first-order valence-electron chi connectivity index (χ1n) is 10.2. The van der Waals surface area contributed by atoms with Crippen LogP contribution in [0.25, 0.3) is 0 Å². The molecule has 0 radical (unpaired) electrons. The van der Waals surface area contributed by atoms with E-state index < -0.39 is 0 Å². The van der Waals surface area contributed by atoms with Crippen molar-refractivity contribution in [3.05, 3.63) is 23.8 Å². The molecule has 0 saturated carbocycles. The standard InChI is InChI=1S/C21H31N3O2/c1-2-3-4-5-8-13-22-21(25)26-18-11-12-19-17(15-18)16-24-14-9-6-7-10-20(24)23-19/h11-12,15H,2-10,13-14,16H2,1H3,(H,22,25). The van der Waals surface area contributed by atoms with E-state index in [4.69, 9.17) is 9.73 Å². The van der Waals surface area contributed by atoms with Gasteiger partial charge in [-0.05, 0) is 37.5 Å². The van der Waals surface area contributed by atoms with Crippen LogP contribution in [-0.4, -0.2) is 29.9 Å². The third-order valence-corrected chi connectivity index (χ3v) is 5.12. The van der Waals surface area contributed by atoms with Gasteiger partial charge in [0.25, 0.3) is 0 Å². The van der Waals surface area contributed by atoms with E-state index in [1.807, 2.05) is 18.2 Å². The molecule has 1 fully saturated rings. The van der Waals surface area contributed by atoms with Crippen molar-refractivity contribution in [1.29, 1.82) is 0 Å². The summed E-state index contributed by atoms with van der Waals surface area (Å²) in [4.78, 5) is 19.2. The summed E-state index contributed by atoms with van der Waals surface area (Å²) in [6, 6.07) is 5.77. The van der Waals surface area contributed by atoms with Crippen LogP contribution in [0.15, 0.2) is 23.2 Å². The first-order valence-corrected chi connectivity index (χ1v) is 10.2. The van der Waals surface area contributed by atoms with Crippen LogP contribution in [-0.2, 0) is 6.54 Å². The molecule has 2 aliphatic rings. The van der Waals surface area contributed by atoms with Gasteiger partial charge in [-0.15, -0.1) is 0 Å². The number of carbonyl (C=O) groups is 1. The molecule has 2 aliphatic heterocycles. The Labute approximate surface area is 156 Å². The molecular formula is C21H31N3O2. The second kappa shape index (κ2) is 9.60. The molecule has 0 bridgehead atoms. The highest BCUT2D eigenvalue weighted by atomic mass is 16.6. The molecule has 1 N–H and O–H groups in total. The quantitative estimate of drug-likeness (QED) is 0.685. The van der Waals surface area contributed by atoms with Crippen molar-refractivity contribution < 1.29 is 9.53 Å². The van der Waals surface area contributed by atoms with E-state index in [1.54, 1.807) is 0 Å². The van der Waals surface area contributed by atoms with Gasteiger partial charge in [0.05, 0.1) is 5.69 Å². The topological polar surface area (TPSA) is 53.9 Å². The lowest BCUT2D eigenvalue weighted by atomic mass is 10.1. The molecule has 5 heteroatoms. The molecule has 1 aromatic carbocycles. The number of benzene rings is 1. The molecule has 1 amide bonds. The molecule has 5 nitrogen and oxygen atoms in total. The number of fused-ring (bicyclic) bond motifs is 2. The van der Waals surface area contributed by atoms with Gasteiger partial charge in [0.2, 0.25) is 0 Å². The Morgan fingerprint density at radius 2 is 2.08 bits per heavy atom. The third kappa shape index (κ3) is 5.23. The number of amidine groups is 1. The van der Waals surface area contributed by atoms with Crippen LogP contribution in [0.5, 0.6) is 5.75 Å². The molecule has 3 rings (SSSR count). The van der Waals surface area contributed by atoms with Crippen LogP contribution in [0.4, 0.5) is 10.5 Å². The maximum Gasteiger partial charge on any atom is 0.412 e. The minimum atomic E-state index is -0.366. The smallest absolute Gasteiger partial charge is 0.410 e. The Bertz CT molecular complexity index is 642. The van der Waals surface area contributed by atoms with E-state index in [2.05, 4.69) is 17.1 Å². The zero-order valence-corrected chi connectivity index (χ0v) is 15.9. The summed E-state index contributed by atoms with van der Waals surface area (Å²) in [6.07, 6.45) is 10.3. The van der Waals surface area contributed by atoms with Crippen molar-refractivity contribution in [2.45, 2.75) is 71.3 Å². The number of nitrogens with zero attached hydrogens (tertiary/aromatic N) is 2. The van der Waals surface area contributed by atoms with Crippen LogP contribution in [0.3, 0.4) is 0 Å². The lowest BCUT2D eigenvalue weighted by molar-refractivity contribution is 0.200. The van der Waals surface area contributed by atoms with Crippen molar-refractivity contribution in [3.8, 4) is 5.75 Å². The average Bonchev–Trinajstić information content (AvgIpc) is 2.87. The van der Waals surface area contributed by atoms with E-state index in [1.165, 1.54) is 44.4 Å². The van der Waals surface area contributed by atoms with Crippen molar-refractivity contribution in [2.24, 2.45) is 4.99 Å². The number of amides is 1. The summed E-state index contributed by atoms with van der Waals surface area (Å²) in [5.74, 6) is 1.81. The number of aliphatic imine (C=N–C) groups is 1. The fourth-order valence-corrected chi connectivity index (χ4v) is 3.61. The first kappa shape index (κ1) is 18.7. The van der Waals surface area contributed by atoms with E-state index >= 15 is 0 Å². The Balaban J connectivity index is 1.51. The van der Waals surface area contributed by atoms with Gasteiger partial charge in [-0.25, -0.2) is 9.79 Å². The van der Waals surface area contributed by atoms with Gasteiger partial charge in [0, 0.05) is 31.6 Å². The number of nitrogens with one attached hydrogen (secondary N) is 1. The number of hydrogen-bond acceptors (Lipinski definition) is 4. The van der Waals surface area contributed by atoms with E-state index in [0.29, 0.717) is 12.3 Å². The van der Waals surface area contributed by atoms with Gasteiger partial charge in [-0.3, -0.25) is 0 Å². The van der Waals surface area contributed by atoms with E-state index in [0.717, 1.165) is 43.6 Å². The Kier molecular flexibility index (Phi) is 6.92. The van der Waals surface area contributed by atoms with E-state index in [-0.39, 0.29) is 6.09 Å². The SMILES string of the molecule is CCCCCCCNC(=O)Oc1ccc2c(c1)CN1CCCCCC1=N2. The summed E-state index contributed by atoms with van der Waals surface area (Å²) >= 11 is 0. The number of hydrogen-bond donors (Lipinski definition) is 1. The molecule has 26 heavy (non-hydrogen) atoms. The minimum Gasteiger partial charge on any atom is -0.410 e. The van der Waals surface area contributed by atoms with Gasteiger partial charge >= 0.3 is 6.09 Å². The number of ether oxygens (including phenoxy) is 1. The fourth-order valence-electron chi connectivity index (χ4n) is 3.61. The Morgan fingerprint density at radius 3 is 2.96 bits per heavy atom. The van der Waals surface area contributed by atoms with Crippen molar-refractivity contribution in [2.75, 3.05) is 13.1 Å². The number of unbranched alkanes of at least 4 members (excludes halogenated alkanes) is 4. The predicted octanol–water partition coefficient (Wildman–Crippen LogP) is 5.17. The lowest BCUT2D eigenvalue weighted by Gasteiger charge is -2.29. The van der Waals surface area contributed by atoms with Crippen LogP contribution >= 0.6 is 0 Å². The van der Waals surface area contributed by atoms with Gasteiger partial charge < -0.3 is 15.0 Å². The summed E-state index contributed by atoms with van der Waals surface area (Å²) in [5, 5.41) is 2.84. The van der Waals surface area contributed by atoms with Crippen LogP contribution in [0.1, 0.15) is 70.3 Å². The zero-order chi connectivity index (χ0) is 18.2. The summed E-state index contributed by atoms with van der Waals surface area (Å²) in [6.45, 7) is 4.81. The van der Waals surface area contributed by atoms with Crippen molar-refractivity contribution in [1.82, 2.24) is 10.2 Å². The van der Waals surface area contributed by atoms with Gasteiger partial charge in [0.15, 0.2) is 0 Å². The fraction of sp³-hybridized carbons (Fsp3) is 0.619. The van der Waals surface area contributed by atoms with Gasteiger partial charge in [-0.2, -0.15) is 0 Å². The summed E-state index contributed by atoms with van der Waals surface area (Å²) < 4.78 is 5.45. The highest BCUT2D eigenvalue weighted by molar-refractivity contribution is 5.87. The molecule has 0 atom stereocenters. The second-order valence-corrected chi connectivity index (χ2v) is 7.28. The lowest BCUT2D eigenvalue weighted by Crippen LogP contribution is -2.32. The predicted molar refractivity (Wildman–Crippen MR) is 105 cm³/mol. The third-order valence-electron chi connectivity index (χ3n) is 5.12. The Morgan fingerprint density at radius 1 is 1.19 bits per heavy atom. The summed E-state index contributed by atoms with van der Waals surface area (Å²) in [7, 11) is 0. The highest BCUT2D eigenvalue weighted by Gasteiger charge is 2.21. The van der Waals surface area contributed by atoms with Crippen LogP contribution in [0, 0.1) is 0 Å². The molecule has 142 valence electrons. The largest absolute Gasteiger partial charge is 0.412 e. The van der Waals surface area contributed by atoms with Gasteiger partial charge in [-0.1, -0.05) is 39.0 Å². The molecule has 0 aliphatic carbocycles. The molecule has 1 saturated heterocycles. The molecular weight excluding hydrogens is 326 g/mol. The molecule has 1 aromatic rings. The van der Waals surface area contributed by atoms with Crippen molar-refractivity contribution >= 4 is 17.6 Å². The first-order chi connectivity index (χ1) is 12.8. The number of carbonyl (C=O) groups excluding carboxylic acids is 1. The maximum atomic E-state index is 12.0. The monoisotopic (exact) mass is 357 g/mol. The second-order valence-electron chi connectivity index (χ2n) is 7.28. The zero-order valence-electron chi connectivity index (χ0n) is 15.9. The van der Waals surface area contributed by atoms with Crippen LogP contribution in [0.2, 0.25) is 0 Å². The van der Waals surface area contributed by atoms with Crippen molar-refractivity contribution in [3.63, 3.8) is 0 Å². The number of rotatable bonds is 7. The average molecular weight is 357 g/mol. The highest BCUT2D eigenvalue weighted by Crippen LogP contribution is 2.32. The molecule has 2 heterocycles.